The number of nitrogens with zero attached hydrogens (tertiary/aromatic N) is 1. The van der Waals surface area contributed by atoms with Gasteiger partial charge < -0.3 is 14.8 Å². The molecule has 3 rings (SSSR count). The molecule has 0 aliphatic carbocycles. The molecule has 1 aliphatic rings. The summed E-state index contributed by atoms with van der Waals surface area (Å²) < 4.78 is 10.6. The first-order valence-corrected chi connectivity index (χ1v) is 9.04. The normalized spacial score (nSPS) is 16.8. The Morgan fingerprint density at radius 2 is 1.92 bits per heavy atom. The highest BCUT2D eigenvalue weighted by atomic mass is 35.5. The highest BCUT2D eigenvalue weighted by Gasteiger charge is 2.24. The molecule has 1 heterocycles. The first-order valence-electron chi connectivity index (χ1n) is 7.47. The number of thioether (sulfide) groups is 1. The van der Waals surface area contributed by atoms with Gasteiger partial charge in [-0.05, 0) is 54.2 Å². The predicted octanol–water partition coefficient (Wildman–Crippen LogP) is 4.90. The molecule has 2 aromatic carbocycles. The van der Waals surface area contributed by atoms with E-state index in [0.29, 0.717) is 37.3 Å². The Labute approximate surface area is 165 Å². The van der Waals surface area contributed by atoms with E-state index < -0.39 is 0 Å². The van der Waals surface area contributed by atoms with Crippen LogP contribution in [0.1, 0.15) is 5.56 Å². The van der Waals surface area contributed by atoms with Gasteiger partial charge >= 0.3 is 0 Å². The van der Waals surface area contributed by atoms with E-state index in [9.17, 15) is 4.79 Å². The summed E-state index contributed by atoms with van der Waals surface area (Å²) in [4.78, 5) is 17.1. The average molecular weight is 409 g/mol. The average Bonchev–Trinajstić information content (AvgIpc) is 2.96. The maximum Gasteiger partial charge on any atom is 0.264 e. The van der Waals surface area contributed by atoms with Crippen LogP contribution >= 0.6 is 35.0 Å². The second-order valence-corrected chi connectivity index (χ2v) is 7.06. The molecule has 1 fully saturated rings. The Hall–Kier alpha value is -2.15. The van der Waals surface area contributed by atoms with Crippen LogP contribution in [0.3, 0.4) is 0 Å². The van der Waals surface area contributed by atoms with Crippen molar-refractivity contribution >= 4 is 57.8 Å². The highest BCUT2D eigenvalue weighted by Crippen LogP contribution is 2.34. The summed E-state index contributed by atoms with van der Waals surface area (Å²) >= 11 is 13.2. The number of carbonyl (C=O) groups is 1. The third kappa shape index (κ3) is 4.15. The summed E-state index contributed by atoms with van der Waals surface area (Å²) in [6.07, 6.45) is 1.73. The zero-order valence-corrected chi connectivity index (χ0v) is 16.2. The van der Waals surface area contributed by atoms with Gasteiger partial charge in [0.15, 0.2) is 5.17 Å². The molecule has 0 atom stereocenters. The van der Waals surface area contributed by atoms with Crippen molar-refractivity contribution in [2.24, 2.45) is 4.99 Å². The van der Waals surface area contributed by atoms with Crippen LogP contribution in [0, 0.1) is 0 Å². The Bertz CT molecular complexity index is 929. The van der Waals surface area contributed by atoms with Crippen molar-refractivity contribution in [3.05, 3.63) is 56.9 Å². The Morgan fingerprint density at radius 3 is 2.62 bits per heavy atom. The summed E-state index contributed by atoms with van der Waals surface area (Å²) in [5.41, 5.74) is 1.26. The molecule has 0 saturated carbocycles. The third-order valence-electron chi connectivity index (χ3n) is 3.51. The second kappa shape index (κ2) is 8.03. The number of rotatable bonds is 4. The van der Waals surface area contributed by atoms with E-state index in [0.717, 1.165) is 5.56 Å². The topological polar surface area (TPSA) is 59.9 Å². The molecule has 0 bridgehead atoms. The molecule has 8 heteroatoms. The van der Waals surface area contributed by atoms with Gasteiger partial charge in [-0.2, -0.15) is 0 Å². The molecule has 1 aliphatic heterocycles. The van der Waals surface area contributed by atoms with Crippen LogP contribution in [0.4, 0.5) is 5.69 Å². The number of amides is 1. The molecule has 1 N–H and O–H groups in total. The van der Waals surface area contributed by atoms with Crippen molar-refractivity contribution in [2.75, 3.05) is 14.2 Å². The molecular formula is C18H14Cl2N2O3S. The zero-order valence-electron chi connectivity index (χ0n) is 13.9. The molecule has 26 heavy (non-hydrogen) atoms. The summed E-state index contributed by atoms with van der Waals surface area (Å²) in [5.74, 6) is 1.06. The monoisotopic (exact) mass is 408 g/mol. The number of nitrogens with one attached hydrogen (secondary N) is 1. The largest absolute Gasteiger partial charge is 0.497 e. The van der Waals surface area contributed by atoms with Crippen LogP contribution in [-0.4, -0.2) is 25.3 Å². The van der Waals surface area contributed by atoms with Crippen molar-refractivity contribution in [2.45, 2.75) is 0 Å². The van der Waals surface area contributed by atoms with Crippen molar-refractivity contribution in [1.29, 1.82) is 0 Å². The number of hydrogen-bond acceptors (Lipinski definition) is 5. The summed E-state index contributed by atoms with van der Waals surface area (Å²) in [6, 6.07) is 10.3. The summed E-state index contributed by atoms with van der Waals surface area (Å²) in [6.45, 7) is 0. The number of hydrogen-bond donors (Lipinski definition) is 1. The van der Waals surface area contributed by atoms with Gasteiger partial charge in [0.25, 0.3) is 5.91 Å². The van der Waals surface area contributed by atoms with Crippen molar-refractivity contribution in [3.63, 3.8) is 0 Å². The number of carbonyl (C=O) groups excluding carboxylic acids is 1. The van der Waals surface area contributed by atoms with Gasteiger partial charge in [-0.1, -0.05) is 23.2 Å². The minimum atomic E-state index is -0.247. The van der Waals surface area contributed by atoms with Gasteiger partial charge in [0.05, 0.1) is 29.8 Å². The van der Waals surface area contributed by atoms with Crippen molar-refractivity contribution < 1.29 is 14.3 Å². The first kappa shape index (κ1) is 18.6. The lowest BCUT2D eigenvalue weighted by molar-refractivity contribution is -0.115. The van der Waals surface area contributed by atoms with E-state index in [-0.39, 0.29) is 5.91 Å². The second-order valence-electron chi connectivity index (χ2n) is 5.19. The molecule has 2 aromatic rings. The Balaban J connectivity index is 1.90. The van der Waals surface area contributed by atoms with E-state index in [1.165, 1.54) is 11.8 Å². The fraction of sp³-hybridized carbons (Fsp3) is 0.111. The number of aliphatic imine (C=N–C) groups is 1. The fourth-order valence-corrected chi connectivity index (χ4v) is 3.53. The van der Waals surface area contributed by atoms with Crippen LogP contribution in [0.15, 0.2) is 46.3 Å². The van der Waals surface area contributed by atoms with Crippen molar-refractivity contribution in [1.82, 2.24) is 5.32 Å². The Morgan fingerprint density at radius 1 is 1.12 bits per heavy atom. The minimum absolute atomic E-state index is 0.247. The smallest absolute Gasteiger partial charge is 0.264 e. The molecular weight excluding hydrogens is 395 g/mol. The van der Waals surface area contributed by atoms with E-state index in [1.54, 1.807) is 56.7 Å². The molecule has 0 unspecified atom stereocenters. The van der Waals surface area contributed by atoms with E-state index in [2.05, 4.69) is 10.3 Å². The number of amidine groups is 1. The predicted molar refractivity (Wildman–Crippen MR) is 107 cm³/mol. The lowest BCUT2D eigenvalue weighted by atomic mass is 10.1. The Kier molecular flexibility index (Phi) is 5.76. The van der Waals surface area contributed by atoms with E-state index in [4.69, 9.17) is 32.7 Å². The minimum Gasteiger partial charge on any atom is -0.497 e. The van der Waals surface area contributed by atoms with Crippen LogP contribution in [-0.2, 0) is 4.79 Å². The molecule has 134 valence electrons. The maximum atomic E-state index is 12.3. The van der Waals surface area contributed by atoms with Gasteiger partial charge in [-0.3, -0.25) is 4.79 Å². The quantitative estimate of drug-likeness (QED) is 0.730. The molecule has 1 amide bonds. The number of halogens is 2. The van der Waals surface area contributed by atoms with Gasteiger partial charge in [0.1, 0.15) is 11.5 Å². The molecule has 0 spiro atoms. The van der Waals surface area contributed by atoms with Gasteiger partial charge in [0.2, 0.25) is 0 Å². The molecule has 5 nitrogen and oxygen atoms in total. The van der Waals surface area contributed by atoms with Crippen molar-refractivity contribution in [3.8, 4) is 11.5 Å². The standard InChI is InChI=1S/C18H14Cl2N2O3S/c1-24-12-4-6-15(25-2)10(7-12)8-16-17(23)22-18(26-16)21-14-5-3-11(19)9-13(14)20/h3-9H,1-2H3,(H,21,22,23)/b16-8-. The number of ether oxygens (including phenoxy) is 2. The maximum absolute atomic E-state index is 12.3. The number of benzene rings is 2. The van der Waals surface area contributed by atoms with Gasteiger partial charge in [0, 0.05) is 10.6 Å². The third-order valence-corrected chi connectivity index (χ3v) is 4.95. The SMILES string of the molecule is COc1ccc(OC)c(/C=C2\SC(=Nc3ccc(Cl)cc3Cl)NC2=O)c1. The molecule has 0 radical (unpaired) electrons. The van der Waals surface area contributed by atoms with E-state index in [1.807, 2.05) is 0 Å². The van der Waals surface area contributed by atoms with Crippen LogP contribution in [0.2, 0.25) is 10.0 Å². The zero-order chi connectivity index (χ0) is 18.7. The summed E-state index contributed by atoms with van der Waals surface area (Å²) in [7, 11) is 3.15. The van der Waals surface area contributed by atoms with Crippen LogP contribution < -0.4 is 14.8 Å². The van der Waals surface area contributed by atoms with Gasteiger partial charge in [-0.25, -0.2) is 4.99 Å². The highest BCUT2D eigenvalue weighted by molar-refractivity contribution is 8.18. The van der Waals surface area contributed by atoms with Gasteiger partial charge in [-0.15, -0.1) is 0 Å². The first-order chi connectivity index (χ1) is 12.5. The fourth-order valence-electron chi connectivity index (χ4n) is 2.26. The van der Waals surface area contributed by atoms with Crippen LogP contribution in [0.5, 0.6) is 11.5 Å². The van der Waals surface area contributed by atoms with E-state index >= 15 is 0 Å². The lowest BCUT2D eigenvalue weighted by Crippen LogP contribution is -2.19. The van der Waals surface area contributed by atoms with Crippen LogP contribution in [0.25, 0.3) is 6.08 Å². The number of methoxy groups -OCH3 is 2. The lowest BCUT2D eigenvalue weighted by Gasteiger charge is -2.07. The summed E-state index contributed by atoms with van der Waals surface area (Å²) in [5, 5.41) is 4.09. The molecule has 0 aromatic heterocycles. The molecule has 1 saturated heterocycles.